The second kappa shape index (κ2) is 10.2. The molecule has 0 heterocycles. The summed E-state index contributed by atoms with van der Waals surface area (Å²) in [5.74, 6) is 0.271. The molecule has 0 aliphatic carbocycles. The van der Waals surface area contributed by atoms with Gasteiger partial charge in [0.05, 0.1) is 12.6 Å². The molecular formula is C10H23ClN2O2. The minimum atomic E-state index is -0.366. The Hall–Kier alpha value is -0.320. The Morgan fingerprint density at radius 2 is 2.13 bits per heavy atom. The first-order valence-electron chi connectivity index (χ1n) is 5.14. The van der Waals surface area contributed by atoms with Crippen molar-refractivity contribution in [1.82, 2.24) is 5.32 Å². The zero-order valence-corrected chi connectivity index (χ0v) is 10.6. The van der Waals surface area contributed by atoms with E-state index in [0.29, 0.717) is 19.1 Å². The average molecular weight is 239 g/mol. The van der Waals surface area contributed by atoms with Crippen LogP contribution in [-0.2, 0) is 9.53 Å². The molecule has 0 aromatic carbocycles. The summed E-state index contributed by atoms with van der Waals surface area (Å²) in [6.45, 7) is 5.32. The van der Waals surface area contributed by atoms with Crippen LogP contribution in [0, 0.1) is 5.92 Å². The van der Waals surface area contributed by atoms with Gasteiger partial charge in [-0.05, 0) is 12.3 Å². The highest BCUT2D eigenvalue weighted by molar-refractivity contribution is 5.85. The van der Waals surface area contributed by atoms with Crippen LogP contribution >= 0.6 is 12.4 Å². The smallest absolute Gasteiger partial charge is 0.236 e. The summed E-state index contributed by atoms with van der Waals surface area (Å²) >= 11 is 0. The lowest BCUT2D eigenvalue weighted by molar-refractivity contribution is -0.122. The minimum Gasteiger partial charge on any atom is -0.384 e. The molecule has 0 bridgehead atoms. The van der Waals surface area contributed by atoms with Gasteiger partial charge in [-0.1, -0.05) is 20.3 Å². The second-order valence-electron chi connectivity index (χ2n) is 3.70. The first-order valence-corrected chi connectivity index (χ1v) is 5.14. The number of hydrogen-bond donors (Lipinski definition) is 2. The van der Waals surface area contributed by atoms with Crippen molar-refractivity contribution in [3.05, 3.63) is 0 Å². The van der Waals surface area contributed by atoms with Crippen molar-refractivity contribution < 1.29 is 9.53 Å². The number of amides is 1. The number of hydrogen-bond acceptors (Lipinski definition) is 3. The van der Waals surface area contributed by atoms with E-state index in [2.05, 4.69) is 5.32 Å². The van der Waals surface area contributed by atoms with Gasteiger partial charge in [0.1, 0.15) is 0 Å². The lowest BCUT2D eigenvalue weighted by Gasteiger charge is -2.14. The second-order valence-corrected chi connectivity index (χ2v) is 3.70. The standard InChI is InChI=1S/C10H22N2O2.ClH/c1-4-5-9(11)10(13)12-6-8(2)7-14-3;/h8-9H,4-7,11H2,1-3H3,(H,12,13);1H. The van der Waals surface area contributed by atoms with E-state index in [1.54, 1.807) is 7.11 Å². The molecule has 0 aromatic heterocycles. The van der Waals surface area contributed by atoms with E-state index in [4.69, 9.17) is 10.5 Å². The Balaban J connectivity index is 0. The number of carbonyl (C=O) groups is 1. The van der Waals surface area contributed by atoms with Crippen molar-refractivity contribution in [3.63, 3.8) is 0 Å². The fourth-order valence-electron chi connectivity index (χ4n) is 1.19. The molecule has 15 heavy (non-hydrogen) atoms. The minimum absolute atomic E-state index is 0. The molecule has 0 aliphatic rings. The van der Waals surface area contributed by atoms with Crippen molar-refractivity contribution in [2.45, 2.75) is 32.7 Å². The monoisotopic (exact) mass is 238 g/mol. The predicted octanol–water partition coefficient (Wildman–Crippen LogP) is 0.934. The number of methoxy groups -OCH3 is 1. The first kappa shape index (κ1) is 17.1. The van der Waals surface area contributed by atoms with E-state index in [-0.39, 0.29) is 24.4 Å². The van der Waals surface area contributed by atoms with Gasteiger partial charge in [0, 0.05) is 13.7 Å². The van der Waals surface area contributed by atoms with Crippen molar-refractivity contribution in [2.24, 2.45) is 11.7 Å². The maximum absolute atomic E-state index is 11.4. The van der Waals surface area contributed by atoms with E-state index < -0.39 is 0 Å². The van der Waals surface area contributed by atoms with Crippen molar-refractivity contribution in [1.29, 1.82) is 0 Å². The summed E-state index contributed by atoms with van der Waals surface area (Å²) in [5.41, 5.74) is 5.64. The molecule has 0 aromatic rings. The molecule has 2 unspecified atom stereocenters. The van der Waals surface area contributed by atoms with Gasteiger partial charge in [-0.3, -0.25) is 4.79 Å². The normalized spacial score (nSPS) is 13.9. The van der Waals surface area contributed by atoms with E-state index in [1.165, 1.54) is 0 Å². The van der Waals surface area contributed by atoms with Crippen LogP contribution in [0.25, 0.3) is 0 Å². The van der Waals surface area contributed by atoms with Crippen LogP contribution in [0.4, 0.5) is 0 Å². The van der Waals surface area contributed by atoms with Crippen LogP contribution in [0.3, 0.4) is 0 Å². The summed E-state index contributed by atoms with van der Waals surface area (Å²) in [6.07, 6.45) is 1.67. The summed E-state index contributed by atoms with van der Waals surface area (Å²) in [4.78, 5) is 11.4. The van der Waals surface area contributed by atoms with Gasteiger partial charge in [0.15, 0.2) is 0 Å². The Bertz CT molecular complexity index is 168. The van der Waals surface area contributed by atoms with Crippen molar-refractivity contribution in [2.75, 3.05) is 20.3 Å². The number of nitrogens with one attached hydrogen (secondary N) is 1. The van der Waals surface area contributed by atoms with Crippen LogP contribution < -0.4 is 11.1 Å². The topological polar surface area (TPSA) is 64.4 Å². The molecule has 3 N–H and O–H groups in total. The van der Waals surface area contributed by atoms with E-state index in [9.17, 15) is 4.79 Å². The van der Waals surface area contributed by atoms with Crippen LogP contribution in [-0.4, -0.2) is 32.2 Å². The number of rotatable bonds is 7. The third kappa shape index (κ3) is 8.66. The van der Waals surface area contributed by atoms with E-state index in [1.807, 2.05) is 13.8 Å². The number of nitrogens with two attached hydrogens (primary N) is 1. The zero-order valence-electron chi connectivity index (χ0n) is 9.79. The molecule has 0 saturated carbocycles. The largest absolute Gasteiger partial charge is 0.384 e. The van der Waals surface area contributed by atoms with Gasteiger partial charge < -0.3 is 15.8 Å². The highest BCUT2D eigenvalue weighted by Gasteiger charge is 2.12. The number of halogens is 1. The quantitative estimate of drug-likeness (QED) is 0.694. The van der Waals surface area contributed by atoms with Gasteiger partial charge in [-0.25, -0.2) is 0 Å². The summed E-state index contributed by atoms with van der Waals surface area (Å²) in [5, 5.41) is 2.81. The van der Waals surface area contributed by atoms with Crippen LogP contribution in [0.1, 0.15) is 26.7 Å². The Morgan fingerprint density at radius 1 is 1.53 bits per heavy atom. The average Bonchev–Trinajstić information content (AvgIpc) is 2.15. The molecule has 0 fully saturated rings. The Kier molecular flexibility index (Phi) is 11.6. The molecule has 92 valence electrons. The molecular weight excluding hydrogens is 216 g/mol. The summed E-state index contributed by atoms with van der Waals surface area (Å²) in [7, 11) is 1.65. The molecule has 0 radical (unpaired) electrons. The molecule has 2 atom stereocenters. The van der Waals surface area contributed by atoms with Gasteiger partial charge >= 0.3 is 0 Å². The van der Waals surface area contributed by atoms with Crippen LogP contribution in [0.15, 0.2) is 0 Å². The summed E-state index contributed by atoms with van der Waals surface area (Å²) in [6, 6.07) is -0.366. The maximum atomic E-state index is 11.4. The SMILES string of the molecule is CCCC(N)C(=O)NCC(C)COC.Cl. The maximum Gasteiger partial charge on any atom is 0.236 e. The molecule has 0 aliphatic heterocycles. The van der Waals surface area contributed by atoms with Crippen LogP contribution in [0.2, 0.25) is 0 Å². The lowest BCUT2D eigenvalue weighted by atomic mass is 10.1. The molecule has 1 amide bonds. The molecule has 5 heteroatoms. The van der Waals surface area contributed by atoms with Gasteiger partial charge in [-0.2, -0.15) is 0 Å². The molecule has 0 saturated heterocycles. The fourth-order valence-corrected chi connectivity index (χ4v) is 1.19. The zero-order chi connectivity index (χ0) is 11.0. The molecule has 0 spiro atoms. The van der Waals surface area contributed by atoms with Crippen molar-refractivity contribution in [3.8, 4) is 0 Å². The highest BCUT2D eigenvalue weighted by atomic mass is 35.5. The van der Waals surface area contributed by atoms with E-state index in [0.717, 1.165) is 12.8 Å². The highest BCUT2D eigenvalue weighted by Crippen LogP contribution is 1.95. The van der Waals surface area contributed by atoms with Crippen LogP contribution in [0.5, 0.6) is 0 Å². The van der Waals surface area contributed by atoms with Gasteiger partial charge in [0.2, 0.25) is 5.91 Å². The van der Waals surface area contributed by atoms with Gasteiger partial charge in [-0.15, -0.1) is 12.4 Å². The lowest BCUT2D eigenvalue weighted by Crippen LogP contribution is -2.42. The van der Waals surface area contributed by atoms with Gasteiger partial charge in [0.25, 0.3) is 0 Å². The third-order valence-corrected chi connectivity index (χ3v) is 2.01. The summed E-state index contributed by atoms with van der Waals surface area (Å²) < 4.78 is 4.96. The Labute approximate surface area is 98.3 Å². The first-order chi connectivity index (χ1) is 6.61. The third-order valence-electron chi connectivity index (χ3n) is 2.01. The molecule has 0 rings (SSSR count). The fraction of sp³-hybridized carbons (Fsp3) is 0.900. The number of carbonyl (C=O) groups excluding carboxylic acids is 1. The molecule has 4 nitrogen and oxygen atoms in total. The van der Waals surface area contributed by atoms with E-state index >= 15 is 0 Å². The number of ether oxygens (including phenoxy) is 1. The van der Waals surface area contributed by atoms with Crippen molar-refractivity contribution >= 4 is 18.3 Å². The Morgan fingerprint density at radius 3 is 2.60 bits per heavy atom. The predicted molar refractivity (Wildman–Crippen MR) is 64.2 cm³/mol.